The Morgan fingerprint density at radius 1 is 0.667 bits per heavy atom. The van der Waals surface area contributed by atoms with Crippen molar-refractivity contribution >= 4 is 53.3 Å². The highest BCUT2D eigenvalue weighted by Gasteiger charge is 2.41. The van der Waals surface area contributed by atoms with Crippen LogP contribution in [0.2, 0.25) is 0 Å². The fraction of sp³-hybridized carbons (Fsp3) is 0.444. The zero-order valence-corrected chi connectivity index (χ0v) is 44.2. The van der Waals surface area contributed by atoms with Gasteiger partial charge in [-0.1, -0.05) is 82.3 Å². The third-order valence-electron chi connectivity index (χ3n) is 13.2. The van der Waals surface area contributed by atoms with Crippen molar-refractivity contribution in [1.29, 1.82) is 5.41 Å². The van der Waals surface area contributed by atoms with E-state index in [0.29, 0.717) is 41.8 Å². The SMILES string of the molecule is CC(C)[C@H](NC(=O)[C@H](Cc1ccc(O)cc1)NC(=O)[C@H](Cc1ccc(O)cc1)NC(=O)[C@@H](NC(=O)[C@@H](N)CCCNC(=N)N)C(C)C)C(=O)N[C@@H](Cc1c[nH]cn1)C(=O)N1CCC[C@H]1C(=O)N[C@@H](Cc1ccccc1)C(=O)O. The molecule has 16 N–H and O–H groups in total. The van der Waals surface area contributed by atoms with Gasteiger partial charge in [-0.05, 0) is 78.5 Å². The molecule has 24 heteroatoms. The van der Waals surface area contributed by atoms with Crippen molar-refractivity contribution in [2.75, 3.05) is 13.1 Å². The minimum absolute atomic E-state index is 0.0000793. The summed E-state index contributed by atoms with van der Waals surface area (Å²) in [6.45, 7) is 7.10. The van der Waals surface area contributed by atoms with E-state index in [2.05, 4.69) is 47.2 Å². The van der Waals surface area contributed by atoms with Gasteiger partial charge in [0.15, 0.2) is 5.96 Å². The van der Waals surface area contributed by atoms with Crippen molar-refractivity contribution in [3.05, 3.63) is 114 Å². The van der Waals surface area contributed by atoms with E-state index < -0.39 is 107 Å². The number of nitrogens with one attached hydrogen (secondary N) is 9. The summed E-state index contributed by atoms with van der Waals surface area (Å²) in [6, 6.07) is 10.4. The Labute approximate surface area is 452 Å². The average Bonchev–Trinajstić information content (AvgIpc) is 4.13. The number of carboxylic acid groups (broad SMARTS) is 1. The number of nitrogens with two attached hydrogens (primary N) is 2. The number of guanidine groups is 1. The summed E-state index contributed by atoms with van der Waals surface area (Å²) < 4.78 is 0. The van der Waals surface area contributed by atoms with Gasteiger partial charge in [-0.3, -0.25) is 39.0 Å². The number of benzene rings is 3. The van der Waals surface area contributed by atoms with Crippen LogP contribution < -0.4 is 48.7 Å². The number of nitrogens with zero attached hydrogens (tertiary/aromatic N) is 2. The van der Waals surface area contributed by atoms with Crippen LogP contribution in [0, 0.1) is 17.2 Å². The van der Waals surface area contributed by atoms with Crippen molar-refractivity contribution in [3.63, 3.8) is 0 Å². The van der Waals surface area contributed by atoms with Crippen molar-refractivity contribution in [1.82, 2.24) is 52.1 Å². The van der Waals surface area contributed by atoms with Crippen LogP contribution in [0.4, 0.5) is 0 Å². The largest absolute Gasteiger partial charge is 0.508 e. The molecule has 2 heterocycles. The van der Waals surface area contributed by atoms with Crippen LogP contribution in [0.3, 0.4) is 0 Å². The van der Waals surface area contributed by atoms with Gasteiger partial charge < -0.3 is 73.9 Å². The predicted molar refractivity (Wildman–Crippen MR) is 287 cm³/mol. The zero-order valence-electron chi connectivity index (χ0n) is 44.2. The minimum atomic E-state index is -1.44. The smallest absolute Gasteiger partial charge is 0.326 e. The first kappa shape index (κ1) is 60.3. The van der Waals surface area contributed by atoms with Crippen LogP contribution in [0.5, 0.6) is 11.5 Å². The molecule has 3 aromatic carbocycles. The maximum atomic E-state index is 14.6. The van der Waals surface area contributed by atoms with Gasteiger partial charge in [-0.2, -0.15) is 0 Å². The van der Waals surface area contributed by atoms with Crippen LogP contribution in [0.15, 0.2) is 91.4 Å². The van der Waals surface area contributed by atoms with E-state index in [1.54, 1.807) is 70.2 Å². The van der Waals surface area contributed by atoms with Gasteiger partial charge in [0, 0.05) is 45.0 Å². The first-order valence-corrected chi connectivity index (χ1v) is 25.9. The number of carbonyl (C=O) groups is 8. The molecule has 78 heavy (non-hydrogen) atoms. The van der Waals surface area contributed by atoms with Crippen LogP contribution in [0.25, 0.3) is 0 Å². The van der Waals surface area contributed by atoms with Crippen LogP contribution in [0.1, 0.15) is 75.8 Å². The number of likely N-dealkylation sites (tertiary alicyclic amines) is 1. The van der Waals surface area contributed by atoms with Gasteiger partial charge in [0.25, 0.3) is 0 Å². The lowest BCUT2D eigenvalue weighted by atomic mass is 9.98. The Kier molecular flexibility index (Phi) is 22.5. The first-order valence-electron chi connectivity index (χ1n) is 25.9. The Morgan fingerprint density at radius 3 is 1.68 bits per heavy atom. The molecule has 8 atom stereocenters. The van der Waals surface area contributed by atoms with Crippen molar-refractivity contribution in [2.24, 2.45) is 23.3 Å². The van der Waals surface area contributed by atoms with Gasteiger partial charge >= 0.3 is 5.97 Å². The Morgan fingerprint density at radius 2 is 1.17 bits per heavy atom. The van der Waals surface area contributed by atoms with Gasteiger partial charge in [0.05, 0.1) is 18.1 Å². The fourth-order valence-electron chi connectivity index (χ4n) is 8.84. The number of hydrogen-bond donors (Lipinski definition) is 14. The standard InChI is InChI=1S/C54H73N13O11/c1-30(2)44(65-46(70)38(55)12-8-22-59-54(56)57)50(74)62-39(24-33-14-18-36(68)19-15-33)47(71)61-40(25-34-16-20-37(69)21-17-34)48(72)66-45(31(3)4)51(75)63-41(27-35-28-58-29-60-35)52(76)67-23-9-13-43(67)49(73)64-42(53(77)78)26-32-10-6-5-7-11-32/h5-7,10-11,14-21,28-31,38-45,68-69H,8-9,12-13,22-27,55H2,1-4H3,(H,58,60)(H,61,71)(H,62,74)(H,63,75)(H,64,73)(H,65,70)(H,66,72)(H,77,78)(H4,56,57,59)/t38-,39-,40-,41-,42-,43-,44-,45-/m0/s1. The summed E-state index contributed by atoms with van der Waals surface area (Å²) >= 11 is 0. The van der Waals surface area contributed by atoms with E-state index >= 15 is 0 Å². The van der Waals surface area contributed by atoms with E-state index in [0.717, 1.165) is 0 Å². The number of aromatic nitrogens is 2. The highest BCUT2D eigenvalue weighted by Crippen LogP contribution is 2.21. The Bertz CT molecular complexity index is 2670. The first-order chi connectivity index (χ1) is 37.1. The summed E-state index contributed by atoms with van der Waals surface area (Å²) in [5.74, 6) is -7.91. The molecule has 0 aliphatic carbocycles. The molecule has 0 saturated carbocycles. The number of hydrogen-bond acceptors (Lipinski definition) is 13. The second-order valence-corrected chi connectivity index (χ2v) is 20.0. The third kappa shape index (κ3) is 18.3. The van der Waals surface area contributed by atoms with Crippen LogP contribution in [-0.4, -0.2) is 145 Å². The molecule has 1 aliphatic rings. The second kappa shape index (κ2) is 29.1. The number of imidazole rings is 1. The molecule has 0 bridgehead atoms. The fourth-order valence-corrected chi connectivity index (χ4v) is 8.84. The summed E-state index contributed by atoms with van der Waals surface area (Å²) in [4.78, 5) is 120. The van der Waals surface area contributed by atoms with Gasteiger partial charge in [-0.25, -0.2) is 9.78 Å². The number of aliphatic carboxylic acids is 1. The lowest BCUT2D eigenvalue weighted by Crippen LogP contribution is -2.62. The number of phenols is 2. The van der Waals surface area contributed by atoms with Crippen molar-refractivity contribution in [2.45, 2.75) is 127 Å². The Balaban J connectivity index is 1.37. The topological polar surface area (TPSA) is 389 Å². The molecule has 420 valence electrons. The van der Waals surface area contributed by atoms with E-state index in [4.69, 9.17) is 16.9 Å². The second-order valence-electron chi connectivity index (χ2n) is 20.0. The number of rotatable bonds is 28. The molecule has 7 amide bonds. The third-order valence-corrected chi connectivity index (χ3v) is 13.2. The number of aromatic hydroxyl groups is 2. The molecule has 5 rings (SSSR count). The van der Waals surface area contributed by atoms with Crippen molar-refractivity contribution < 1.29 is 53.7 Å². The number of carboxylic acids is 1. The minimum Gasteiger partial charge on any atom is -0.508 e. The molecule has 1 aromatic heterocycles. The maximum Gasteiger partial charge on any atom is 0.326 e. The maximum absolute atomic E-state index is 14.6. The molecule has 1 fully saturated rings. The molecule has 1 aliphatic heterocycles. The summed E-state index contributed by atoms with van der Waals surface area (Å²) in [6.07, 6.45) is 3.69. The highest BCUT2D eigenvalue weighted by atomic mass is 16.4. The summed E-state index contributed by atoms with van der Waals surface area (Å²) in [5, 5.41) is 56.3. The number of aromatic amines is 1. The van der Waals surface area contributed by atoms with E-state index in [9.17, 15) is 53.7 Å². The lowest BCUT2D eigenvalue weighted by molar-refractivity contribution is -0.145. The Hall–Kier alpha value is -8.54. The molecule has 1 saturated heterocycles. The predicted octanol–water partition coefficient (Wildman–Crippen LogP) is -0.0215. The number of H-pyrrole nitrogens is 1. The zero-order chi connectivity index (χ0) is 57.1. The molecule has 4 aromatic rings. The van der Waals surface area contributed by atoms with Gasteiger partial charge in [0.1, 0.15) is 53.8 Å². The molecular formula is C54H73N13O11. The normalized spacial score (nSPS) is 15.8. The van der Waals surface area contributed by atoms with Crippen molar-refractivity contribution in [3.8, 4) is 11.5 Å². The number of carbonyl (C=O) groups excluding carboxylic acids is 7. The van der Waals surface area contributed by atoms with Crippen LogP contribution >= 0.6 is 0 Å². The van der Waals surface area contributed by atoms with E-state index in [1.807, 2.05) is 0 Å². The number of amides is 7. The number of phenolic OH excluding ortho intramolecular Hbond substituents is 2. The van der Waals surface area contributed by atoms with Gasteiger partial charge in [-0.15, -0.1) is 0 Å². The summed E-state index contributed by atoms with van der Waals surface area (Å²) in [7, 11) is 0. The quantitative estimate of drug-likeness (QED) is 0.0202. The molecule has 0 unspecified atom stereocenters. The van der Waals surface area contributed by atoms with E-state index in [-0.39, 0.29) is 62.5 Å². The average molecular weight is 1080 g/mol. The van der Waals surface area contributed by atoms with Crippen LogP contribution in [-0.2, 0) is 64.0 Å². The molecule has 0 spiro atoms. The lowest BCUT2D eigenvalue weighted by Gasteiger charge is -2.31. The van der Waals surface area contributed by atoms with Gasteiger partial charge in [0.2, 0.25) is 41.4 Å². The molecule has 24 nitrogen and oxygen atoms in total. The monoisotopic (exact) mass is 1080 g/mol. The summed E-state index contributed by atoms with van der Waals surface area (Å²) in [5.41, 5.74) is 13.5. The molecular weight excluding hydrogens is 1010 g/mol. The van der Waals surface area contributed by atoms with E-state index in [1.165, 1.54) is 53.8 Å². The highest BCUT2D eigenvalue weighted by molar-refractivity contribution is 5.98. The molecule has 0 radical (unpaired) electrons.